The van der Waals surface area contributed by atoms with E-state index in [1.54, 1.807) is 27.0 Å². The third-order valence-corrected chi connectivity index (χ3v) is 5.20. The molecule has 3 aromatic rings. The van der Waals surface area contributed by atoms with Gasteiger partial charge in [-0.3, -0.25) is 9.59 Å². The van der Waals surface area contributed by atoms with Crippen molar-refractivity contribution in [3.8, 4) is 5.75 Å². The molecule has 1 heterocycles. The lowest BCUT2D eigenvalue weighted by Crippen LogP contribution is -2.24. The van der Waals surface area contributed by atoms with E-state index >= 15 is 0 Å². The molecule has 2 aromatic carbocycles. The second kappa shape index (κ2) is 8.35. The van der Waals surface area contributed by atoms with Crippen LogP contribution in [0.2, 0.25) is 0 Å². The van der Waals surface area contributed by atoms with E-state index in [9.17, 15) is 9.59 Å². The van der Waals surface area contributed by atoms with Gasteiger partial charge in [-0.05, 0) is 26.0 Å². The van der Waals surface area contributed by atoms with Crippen LogP contribution < -0.4 is 10.1 Å². The van der Waals surface area contributed by atoms with Crippen LogP contribution in [0.3, 0.4) is 0 Å². The van der Waals surface area contributed by atoms with E-state index in [4.69, 9.17) is 13.9 Å². The number of thioether (sulfide) groups is 1. The van der Waals surface area contributed by atoms with Crippen molar-refractivity contribution in [3.05, 3.63) is 36.4 Å². The quantitative estimate of drug-likeness (QED) is 0.612. The van der Waals surface area contributed by atoms with Gasteiger partial charge in [0.15, 0.2) is 0 Å². The second-order valence-corrected chi connectivity index (χ2v) is 7.22. The number of nitrogens with one attached hydrogen (secondary N) is 1. The summed E-state index contributed by atoms with van der Waals surface area (Å²) in [4.78, 5) is 23.9. The topological polar surface area (TPSA) is 77.8 Å². The molecule has 0 aliphatic heterocycles. The molecule has 0 radical (unpaired) electrons. The molecule has 1 unspecified atom stereocenters. The number of rotatable bonds is 7. The van der Waals surface area contributed by atoms with Gasteiger partial charge >= 0.3 is 5.97 Å². The van der Waals surface area contributed by atoms with Gasteiger partial charge in [-0.25, -0.2) is 0 Å². The number of carbonyl (C=O) groups is 2. The Labute approximate surface area is 161 Å². The van der Waals surface area contributed by atoms with Crippen molar-refractivity contribution in [1.29, 1.82) is 0 Å². The third-order valence-electron chi connectivity index (χ3n) is 4.08. The summed E-state index contributed by atoms with van der Waals surface area (Å²) in [5.74, 6) is 0.119. The zero-order valence-corrected chi connectivity index (χ0v) is 16.2. The molecular weight excluding hydrogens is 366 g/mol. The maximum Gasteiger partial charge on any atom is 0.315 e. The number of amides is 1. The van der Waals surface area contributed by atoms with Gasteiger partial charge in [-0.1, -0.05) is 18.2 Å². The number of fused-ring (bicyclic) bond motifs is 3. The number of anilines is 1. The summed E-state index contributed by atoms with van der Waals surface area (Å²) < 4.78 is 16.2. The lowest BCUT2D eigenvalue weighted by molar-refractivity contribution is -0.139. The summed E-state index contributed by atoms with van der Waals surface area (Å²) in [6, 6.07) is 11.3. The number of benzene rings is 2. The maximum absolute atomic E-state index is 12.5. The van der Waals surface area contributed by atoms with E-state index in [0.29, 0.717) is 23.6 Å². The molecule has 0 aliphatic rings. The number of esters is 1. The van der Waals surface area contributed by atoms with Crippen LogP contribution >= 0.6 is 11.8 Å². The number of ether oxygens (including phenoxy) is 2. The van der Waals surface area contributed by atoms with E-state index < -0.39 is 5.25 Å². The van der Waals surface area contributed by atoms with Crippen molar-refractivity contribution in [2.45, 2.75) is 19.1 Å². The van der Waals surface area contributed by atoms with Gasteiger partial charge in [0.1, 0.15) is 16.9 Å². The average Bonchev–Trinajstić information content (AvgIpc) is 3.02. The van der Waals surface area contributed by atoms with Gasteiger partial charge in [0.2, 0.25) is 5.91 Å². The summed E-state index contributed by atoms with van der Waals surface area (Å²) in [7, 11) is 1.55. The van der Waals surface area contributed by atoms with Crippen molar-refractivity contribution in [2.75, 3.05) is 24.8 Å². The number of para-hydroxylation sites is 1. The Morgan fingerprint density at radius 2 is 1.96 bits per heavy atom. The van der Waals surface area contributed by atoms with Crippen LogP contribution in [0.15, 0.2) is 40.8 Å². The van der Waals surface area contributed by atoms with Gasteiger partial charge < -0.3 is 19.2 Å². The SMILES string of the molecule is CCOC(=O)CSC(C)C(=O)Nc1cc2oc3ccccc3c2cc1OC. The molecule has 0 saturated carbocycles. The fourth-order valence-electron chi connectivity index (χ4n) is 2.72. The first-order valence-electron chi connectivity index (χ1n) is 8.60. The number of methoxy groups -OCH3 is 1. The zero-order chi connectivity index (χ0) is 19.4. The van der Waals surface area contributed by atoms with Crippen molar-refractivity contribution < 1.29 is 23.5 Å². The van der Waals surface area contributed by atoms with Crippen molar-refractivity contribution in [2.24, 2.45) is 0 Å². The number of carbonyl (C=O) groups excluding carboxylic acids is 2. The molecule has 1 atom stereocenters. The zero-order valence-electron chi connectivity index (χ0n) is 15.4. The first-order chi connectivity index (χ1) is 13.0. The summed E-state index contributed by atoms with van der Waals surface area (Å²) in [5.41, 5.74) is 1.97. The van der Waals surface area contributed by atoms with Crippen LogP contribution in [0, 0.1) is 0 Å². The highest BCUT2D eigenvalue weighted by Gasteiger charge is 2.19. The minimum atomic E-state index is -0.425. The number of furan rings is 1. The normalized spacial score (nSPS) is 12.1. The lowest BCUT2D eigenvalue weighted by Gasteiger charge is -2.14. The summed E-state index contributed by atoms with van der Waals surface area (Å²) in [6.07, 6.45) is 0. The van der Waals surface area contributed by atoms with E-state index in [-0.39, 0.29) is 17.6 Å². The highest BCUT2D eigenvalue weighted by molar-refractivity contribution is 8.01. The molecule has 1 aromatic heterocycles. The van der Waals surface area contributed by atoms with Gasteiger partial charge in [-0.2, -0.15) is 0 Å². The predicted molar refractivity (Wildman–Crippen MR) is 107 cm³/mol. The van der Waals surface area contributed by atoms with Crippen LogP contribution in [-0.4, -0.2) is 36.6 Å². The van der Waals surface area contributed by atoms with Crippen molar-refractivity contribution >= 4 is 51.3 Å². The van der Waals surface area contributed by atoms with E-state index in [0.717, 1.165) is 16.4 Å². The molecule has 3 rings (SSSR count). The third kappa shape index (κ3) is 4.19. The highest BCUT2D eigenvalue weighted by atomic mass is 32.2. The summed E-state index contributed by atoms with van der Waals surface area (Å²) in [5, 5.41) is 4.34. The van der Waals surface area contributed by atoms with Crippen molar-refractivity contribution in [1.82, 2.24) is 0 Å². The van der Waals surface area contributed by atoms with Crippen LogP contribution in [0.1, 0.15) is 13.8 Å². The van der Waals surface area contributed by atoms with E-state index in [1.165, 1.54) is 11.8 Å². The molecule has 142 valence electrons. The standard InChI is InChI=1S/C20H21NO5S/c1-4-25-19(22)11-27-12(2)20(23)21-15-10-17-14(9-18(15)24-3)13-7-5-6-8-16(13)26-17/h5-10,12H,4,11H2,1-3H3,(H,21,23). The molecule has 1 amide bonds. The van der Waals surface area contributed by atoms with Crippen LogP contribution in [-0.2, 0) is 14.3 Å². The Balaban J connectivity index is 1.80. The molecule has 27 heavy (non-hydrogen) atoms. The fraction of sp³-hybridized carbons (Fsp3) is 0.300. The Kier molecular flexibility index (Phi) is 5.91. The van der Waals surface area contributed by atoms with Crippen LogP contribution in [0.25, 0.3) is 21.9 Å². The fourth-order valence-corrected chi connectivity index (χ4v) is 3.40. The minimum absolute atomic E-state index is 0.127. The highest BCUT2D eigenvalue weighted by Crippen LogP contribution is 2.36. The van der Waals surface area contributed by atoms with Gasteiger partial charge in [0.05, 0.1) is 30.4 Å². The smallest absolute Gasteiger partial charge is 0.315 e. The Hall–Kier alpha value is -2.67. The van der Waals surface area contributed by atoms with Gasteiger partial charge in [0.25, 0.3) is 0 Å². The molecule has 0 fully saturated rings. The monoisotopic (exact) mass is 387 g/mol. The summed E-state index contributed by atoms with van der Waals surface area (Å²) in [6.45, 7) is 3.82. The molecule has 1 N–H and O–H groups in total. The number of hydrogen-bond donors (Lipinski definition) is 1. The Morgan fingerprint density at radius 3 is 2.70 bits per heavy atom. The molecule has 6 nitrogen and oxygen atoms in total. The van der Waals surface area contributed by atoms with Crippen LogP contribution in [0.4, 0.5) is 5.69 Å². The predicted octanol–water partition coefficient (Wildman–Crippen LogP) is 4.22. The number of hydrogen-bond acceptors (Lipinski definition) is 6. The van der Waals surface area contributed by atoms with Crippen molar-refractivity contribution in [3.63, 3.8) is 0 Å². The molecule has 0 aliphatic carbocycles. The van der Waals surface area contributed by atoms with Gasteiger partial charge in [0, 0.05) is 16.8 Å². The van der Waals surface area contributed by atoms with Crippen LogP contribution in [0.5, 0.6) is 5.75 Å². The molecule has 7 heteroatoms. The molecule has 0 spiro atoms. The molecule has 0 saturated heterocycles. The Morgan fingerprint density at radius 1 is 1.19 bits per heavy atom. The minimum Gasteiger partial charge on any atom is -0.495 e. The van der Waals surface area contributed by atoms with Gasteiger partial charge in [-0.15, -0.1) is 11.8 Å². The lowest BCUT2D eigenvalue weighted by atomic mass is 10.1. The average molecular weight is 387 g/mol. The van der Waals surface area contributed by atoms with E-state index in [1.807, 2.05) is 30.3 Å². The second-order valence-electron chi connectivity index (χ2n) is 5.89. The Bertz CT molecular complexity index is 981. The first-order valence-corrected chi connectivity index (χ1v) is 9.65. The maximum atomic E-state index is 12.5. The summed E-state index contributed by atoms with van der Waals surface area (Å²) >= 11 is 1.22. The molecule has 0 bridgehead atoms. The first kappa shape index (κ1) is 19.1. The van der Waals surface area contributed by atoms with E-state index in [2.05, 4.69) is 5.32 Å². The molecular formula is C20H21NO5S. The largest absolute Gasteiger partial charge is 0.495 e.